The Balaban J connectivity index is 1.71. The SMILES string of the molecule is Cc1ccc(CNC(C)CC2CCC2)cn1. The van der Waals surface area contributed by atoms with Gasteiger partial charge in [0.1, 0.15) is 0 Å². The number of hydrogen-bond acceptors (Lipinski definition) is 2. The molecule has 0 spiro atoms. The second-order valence-electron chi connectivity index (χ2n) is 5.12. The Morgan fingerprint density at radius 1 is 1.44 bits per heavy atom. The van der Waals surface area contributed by atoms with Crippen LogP contribution in [0.5, 0.6) is 0 Å². The smallest absolute Gasteiger partial charge is 0.0372 e. The van der Waals surface area contributed by atoms with Gasteiger partial charge < -0.3 is 5.32 Å². The highest BCUT2D eigenvalue weighted by atomic mass is 14.9. The lowest BCUT2D eigenvalue weighted by molar-refractivity contribution is 0.265. The molecule has 16 heavy (non-hydrogen) atoms. The van der Waals surface area contributed by atoms with Crippen LogP contribution in [0.25, 0.3) is 0 Å². The second-order valence-corrected chi connectivity index (χ2v) is 5.12. The minimum atomic E-state index is 0.631. The van der Waals surface area contributed by atoms with Crippen LogP contribution in [-0.2, 0) is 6.54 Å². The molecule has 1 aromatic heterocycles. The number of pyridine rings is 1. The van der Waals surface area contributed by atoms with Crippen molar-refractivity contribution in [1.82, 2.24) is 10.3 Å². The summed E-state index contributed by atoms with van der Waals surface area (Å²) in [6.07, 6.45) is 7.63. The van der Waals surface area contributed by atoms with Crippen molar-refractivity contribution in [2.24, 2.45) is 5.92 Å². The number of hydrogen-bond donors (Lipinski definition) is 1. The molecule has 1 aliphatic rings. The lowest BCUT2D eigenvalue weighted by atomic mass is 9.81. The molecule has 0 amide bonds. The minimum Gasteiger partial charge on any atom is -0.310 e. The molecule has 1 aromatic rings. The fraction of sp³-hybridized carbons (Fsp3) is 0.643. The van der Waals surface area contributed by atoms with Gasteiger partial charge >= 0.3 is 0 Å². The van der Waals surface area contributed by atoms with Gasteiger partial charge in [-0.25, -0.2) is 0 Å². The van der Waals surface area contributed by atoms with Crippen LogP contribution in [0.15, 0.2) is 18.3 Å². The first-order chi connectivity index (χ1) is 7.74. The summed E-state index contributed by atoms with van der Waals surface area (Å²) in [5, 5.41) is 3.58. The van der Waals surface area contributed by atoms with Crippen molar-refractivity contribution >= 4 is 0 Å². The third-order valence-corrected chi connectivity index (χ3v) is 3.54. The highest BCUT2D eigenvalue weighted by molar-refractivity contribution is 5.12. The molecule has 88 valence electrons. The maximum Gasteiger partial charge on any atom is 0.0372 e. The zero-order chi connectivity index (χ0) is 11.4. The summed E-state index contributed by atoms with van der Waals surface area (Å²) in [6.45, 7) is 5.26. The van der Waals surface area contributed by atoms with Crippen LogP contribution in [0, 0.1) is 12.8 Å². The van der Waals surface area contributed by atoms with Crippen LogP contribution in [-0.4, -0.2) is 11.0 Å². The number of nitrogens with one attached hydrogen (secondary N) is 1. The molecule has 1 saturated carbocycles. The van der Waals surface area contributed by atoms with Gasteiger partial charge in [-0.2, -0.15) is 0 Å². The summed E-state index contributed by atoms with van der Waals surface area (Å²) in [7, 11) is 0. The fourth-order valence-corrected chi connectivity index (χ4v) is 2.21. The fourth-order valence-electron chi connectivity index (χ4n) is 2.21. The normalized spacial score (nSPS) is 18.1. The third kappa shape index (κ3) is 3.31. The second kappa shape index (κ2) is 5.44. The van der Waals surface area contributed by atoms with E-state index in [0.717, 1.165) is 18.2 Å². The summed E-state index contributed by atoms with van der Waals surface area (Å²) in [5.74, 6) is 0.985. The summed E-state index contributed by atoms with van der Waals surface area (Å²) in [5.41, 5.74) is 2.37. The predicted molar refractivity (Wildman–Crippen MR) is 67.2 cm³/mol. The average Bonchev–Trinajstić information content (AvgIpc) is 2.23. The molecule has 2 heteroatoms. The molecule has 2 rings (SSSR count). The molecule has 0 bridgehead atoms. The van der Waals surface area contributed by atoms with Gasteiger partial charge in [-0.15, -0.1) is 0 Å². The molecule has 0 aliphatic heterocycles. The standard InChI is InChI=1S/C14H22N2/c1-11-6-7-14(9-15-11)10-16-12(2)8-13-4-3-5-13/h6-7,9,12-13,16H,3-5,8,10H2,1-2H3. The van der Waals surface area contributed by atoms with E-state index >= 15 is 0 Å². The number of nitrogens with zero attached hydrogens (tertiary/aromatic N) is 1. The van der Waals surface area contributed by atoms with Crippen molar-refractivity contribution in [3.63, 3.8) is 0 Å². The van der Waals surface area contributed by atoms with Crippen LogP contribution in [0.2, 0.25) is 0 Å². The molecule has 1 unspecified atom stereocenters. The zero-order valence-corrected chi connectivity index (χ0v) is 10.4. The third-order valence-electron chi connectivity index (χ3n) is 3.54. The van der Waals surface area contributed by atoms with Crippen molar-refractivity contribution < 1.29 is 0 Å². The Morgan fingerprint density at radius 2 is 2.25 bits per heavy atom. The number of aryl methyl sites for hydroxylation is 1. The lowest BCUT2D eigenvalue weighted by Gasteiger charge is -2.28. The summed E-state index contributed by atoms with van der Waals surface area (Å²) >= 11 is 0. The highest BCUT2D eigenvalue weighted by Crippen LogP contribution is 2.30. The van der Waals surface area contributed by atoms with E-state index in [9.17, 15) is 0 Å². The van der Waals surface area contributed by atoms with Gasteiger partial charge in [-0.1, -0.05) is 25.3 Å². The highest BCUT2D eigenvalue weighted by Gasteiger charge is 2.19. The Bertz CT molecular complexity index is 314. The molecule has 0 radical (unpaired) electrons. The van der Waals surface area contributed by atoms with Crippen LogP contribution in [0.1, 0.15) is 43.9 Å². The first-order valence-electron chi connectivity index (χ1n) is 6.39. The first-order valence-corrected chi connectivity index (χ1v) is 6.39. The molecular formula is C14H22N2. The van der Waals surface area contributed by atoms with Crippen LogP contribution in [0.3, 0.4) is 0 Å². The molecule has 1 heterocycles. The number of rotatable bonds is 5. The maximum atomic E-state index is 4.31. The average molecular weight is 218 g/mol. The Hall–Kier alpha value is -0.890. The lowest BCUT2D eigenvalue weighted by Crippen LogP contribution is -2.29. The van der Waals surface area contributed by atoms with Crippen molar-refractivity contribution in [3.05, 3.63) is 29.6 Å². The molecule has 1 fully saturated rings. The van der Waals surface area contributed by atoms with E-state index in [4.69, 9.17) is 0 Å². The van der Waals surface area contributed by atoms with Crippen LogP contribution in [0.4, 0.5) is 0 Å². The topological polar surface area (TPSA) is 24.9 Å². The van der Waals surface area contributed by atoms with Gasteiger partial charge in [0, 0.05) is 24.5 Å². The summed E-state index contributed by atoms with van der Waals surface area (Å²) < 4.78 is 0. The predicted octanol–water partition coefficient (Wildman–Crippen LogP) is 3.06. The Kier molecular flexibility index (Phi) is 3.94. The Morgan fingerprint density at radius 3 is 2.81 bits per heavy atom. The van der Waals surface area contributed by atoms with Gasteiger partial charge in [0.25, 0.3) is 0 Å². The van der Waals surface area contributed by atoms with E-state index in [-0.39, 0.29) is 0 Å². The largest absolute Gasteiger partial charge is 0.310 e. The van der Waals surface area contributed by atoms with Crippen molar-refractivity contribution in [2.75, 3.05) is 0 Å². The van der Waals surface area contributed by atoms with Crippen molar-refractivity contribution in [1.29, 1.82) is 0 Å². The van der Waals surface area contributed by atoms with E-state index in [1.165, 1.54) is 31.2 Å². The van der Waals surface area contributed by atoms with Gasteiger partial charge in [0.05, 0.1) is 0 Å². The van der Waals surface area contributed by atoms with E-state index in [2.05, 4.69) is 29.4 Å². The summed E-state index contributed by atoms with van der Waals surface area (Å²) in [4.78, 5) is 4.31. The zero-order valence-electron chi connectivity index (χ0n) is 10.4. The molecule has 2 nitrogen and oxygen atoms in total. The Labute approximate surface area is 98.5 Å². The molecule has 1 atom stereocenters. The van der Waals surface area contributed by atoms with Crippen molar-refractivity contribution in [2.45, 2.75) is 52.1 Å². The van der Waals surface area contributed by atoms with Gasteiger partial charge in [0.2, 0.25) is 0 Å². The van der Waals surface area contributed by atoms with Crippen LogP contribution >= 0.6 is 0 Å². The molecule has 1 N–H and O–H groups in total. The van der Waals surface area contributed by atoms with Gasteiger partial charge in [0.15, 0.2) is 0 Å². The quantitative estimate of drug-likeness (QED) is 0.821. The molecule has 1 aliphatic carbocycles. The monoisotopic (exact) mass is 218 g/mol. The van der Waals surface area contributed by atoms with E-state index < -0.39 is 0 Å². The van der Waals surface area contributed by atoms with Crippen LogP contribution < -0.4 is 5.32 Å². The van der Waals surface area contributed by atoms with Gasteiger partial charge in [-0.05, 0) is 37.8 Å². The number of aromatic nitrogens is 1. The summed E-state index contributed by atoms with van der Waals surface area (Å²) in [6, 6.07) is 4.87. The van der Waals surface area contributed by atoms with E-state index in [0.29, 0.717) is 6.04 Å². The maximum absolute atomic E-state index is 4.31. The minimum absolute atomic E-state index is 0.631. The van der Waals surface area contributed by atoms with E-state index in [1.54, 1.807) is 0 Å². The van der Waals surface area contributed by atoms with Gasteiger partial charge in [-0.3, -0.25) is 4.98 Å². The van der Waals surface area contributed by atoms with Crippen molar-refractivity contribution in [3.8, 4) is 0 Å². The first kappa shape index (κ1) is 11.6. The van der Waals surface area contributed by atoms with E-state index in [1.807, 2.05) is 13.1 Å². The molecule has 0 aromatic carbocycles. The molecule has 0 saturated heterocycles. The molecular weight excluding hydrogens is 196 g/mol.